The molecular formula is C14H21N3O3. The number of hydrogen-bond acceptors (Lipinski definition) is 4. The molecule has 6 nitrogen and oxygen atoms in total. The summed E-state index contributed by atoms with van der Waals surface area (Å²) in [6, 6.07) is 0. The van der Waals surface area contributed by atoms with E-state index in [-0.39, 0.29) is 17.3 Å². The van der Waals surface area contributed by atoms with Gasteiger partial charge in [0.2, 0.25) is 0 Å². The van der Waals surface area contributed by atoms with Crippen molar-refractivity contribution in [2.45, 2.75) is 33.6 Å². The van der Waals surface area contributed by atoms with Gasteiger partial charge < -0.3 is 10.0 Å². The highest BCUT2D eigenvalue weighted by molar-refractivity contribution is 5.92. The molecule has 0 bridgehead atoms. The van der Waals surface area contributed by atoms with E-state index >= 15 is 0 Å². The fourth-order valence-electron chi connectivity index (χ4n) is 1.93. The first-order valence-corrected chi connectivity index (χ1v) is 6.87. The van der Waals surface area contributed by atoms with E-state index in [4.69, 9.17) is 5.11 Å². The molecule has 1 aromatic rings. The number of carboxylic acid groups (broad SMARTS) is 1. The minimum Gasteiger partial charge on any atom is -0.476 e. The minimum atomic E-state index is -1.15. The van der Waals surface area contributed by atoms with Crippen LogP contribution in [0.2, 0.25) is 0 Å². The number of hydrogen-bond donors (Lipinski definition) is 1. The van der Waals surface area contributed by atoms with Gasteiger partial charge in [-0.25, -0.2) is 14.8 Å². The lowest BCUT2D eigenvalue weighted by Gasteiger charge is -2.25. The van der Waals surface area contributed by atoms with E-state index in [0.29, 0.717) is 19.0 Å². The Balaban J connectivity index is 2.82. The monoisotopic (exact) mass is 279 g/mol. The maximum Gasteiger partial charge on any atom is 0.356 e. The summed E-state index contributed by atoms with van der Waals surface area (Å²) in [5.41, 5.74) is 0.0207. The van der Waals surface area contributed by atoms with Crippen LogP contribution in [0.4, 0.5) is 0 Å². The Morgan fingerprint density at radius 1 is 1.15 bits per heavy atom. The van der Waals surface area contributed by atoms with Gasteiger partial charge in [0.05, 0.1) is 12.4 Å². The van der Waals surface area contributed by atoms with Crippen LogP contribution in [0.25, 0.3) is 0 Å². The zero-order valence-corrected chi connectivity index (χ0v) is 12.2. The van der Waals surface area contributed by atoms with Gasteiger partial charge in [0.15, 0.2) is 5.69 Å². The zero-order chi connectivity index (χ0) is 15.1. The summed E-state index contributed by atoms with van der Waals surface area (Å²) in [5, 5.41) is 8.75. The summed E-state index contributed by atoms with van der Waals surface area (Å²) in [6.45, 7) is 7.41. The first-order chi connectivity index (χ1) is 9.53. The average molecular weight is 279 g/mol. The molecule has 1 N–H and O–H groups in total. The number of carbonyl (C=O) groups excluding carboxylic acids is 1. The molecule has 0 spiro atoms. The molecule has 0 saturated heterocycles. The third-order valence-corrected chi connectivity index (χ3v) is 3.39. The molecule has 1 aromatic heterocycles. The Kier molecular flexibility index (Phi) is 6.09. The molecule has 0 aliphatic rings. The van der Waals surface area contributed by atoms with Crippen LogP contribution in [0, 0.1) is 5.92 Å². The molecule has 0 atom stereocenters. The van der Waals surface area contributed by atoms with Crippen molar-refractivity contribution in [2.75, 3.05) is 13.1 Å². The maximum absolute atomic E-state index is 12.3. The lowest BCUT2D eigenvalue weighted by atomic mass is 10.0. The lowest BCUT2D eigenvalue weighted by Crippen LogP contribution is -2.35. The van der Waals surface area contributed by atoms with Crippen LogP contribution in [0.1, 0.15) is 54.6 Å². The van der Waals surface area contributed by atoms with Gasteiger partial charge in [-0.15, -0.1) is 0 Å². The van der Waals surface area contributed by atoms with E-state index < -0.39 is 5.97 Å². The number of amides is 1. The van der Waals surface area contributed by atoms with Crippen LogP contribution in [-0.2, 0) is 0 Å². The summed E-state index contributed by atoms with van der Waals surface area (Å²) in [7, 11) is 0. The Morgan fingerprint density at radius 2 is 1.70 bits per heavy atom. The topological polar surface area (TPSA) is 83.4 Å². The van der Waals surface area contributed by atoms with E-state index in [1.54, 1.807) is 4.90 Å². The van der Waals surface area contributed by atoms with Crippen molar-refractivity contribution in [3.05, 3.63) is 23.8 Å². The molecule has 1 heterocycles. The van der Waals surface area contributed by atoms with Crippen LogP contribution in [0.3, 0.4) is 0 Å². The molecule has 0 unspecified atom stereocenters. The number of aromatic carboxylic acids is 1. The fourth-order valence-corrected chi connectivity index (χ4v) is 1.93. The Labute approximate surface area is 118 Å². The van der Waals surface area contributed by atoms with Gasteiger partial charge in [0.1, 0.15) is 5.69 Å². The number of nitrogens with zero attached hydrogens (tertiary/aromatic N) is 3. The molecule has 0 saturated carbocycles. The van der Waals surface area contributed by atoms with Crippen LogP contribution < -0.4 is 0 Å². The van der Waals surface area contributed by atoms with Gasteiger partial charge >= 0.3 is 5.97 Å². The molecule has 0 radical (unpaired) electrons. The standard InChI is InChI=1S/C14H21N3O3/c1-4-10(5-2)9-17(6-3)13(18)11-7-16-12(8-15-11)14(19)20/h7-8,10H,4-6,9H2,1-3H3,(H,19,20). The number of carboxylic acids is 1. The van der Waals surface area contributed by atoms with Crippen molar-refractivity contribution in [1.82, 2.24) is 14.9 Å². The van der Waals surface area contributed by atoms with Crippen molar-refractivity contribution in [3.63, 3.8) is 0 Å². The summed E-state index contributed by atoms with van der Waals surface area (Å²) in [4.78, 5) is 32.3. The Hall–Kier alpha value is -1.98. The van der Waals surface area contributed by atoms with Gasteiger partial charge in [-0.05, 0) is 12.8 Å². The van der Waals surface area contributed by atoms with E-state index in [9.17, 15) is 9.59 Å². The number of rotatable bonds is 7. The van der Waals surface area contributed by atoms with Gasteiger partial charge in [-0.3, -0.25) is 4.79 Å². The third kappa shape index (κ3) is 4.01. The van der Waals surface area contributed by atoms with Crippen LogP contribution in [0.5, 0.6) is 0 Å². The summed E-state index contributed by atoms with van der Waals surface area (Å²) < 4.78 is 0. The summed E-state index contributed by atoms with van der Waals surface area (Å²) in [6.07, 6.45) is 4.37. The summed E-state index contributed by atoms with van der Waals surface area (Å²) in [5.74, 6) is -0.894. The quantitative estimate of drug-likeness (QED) is 0.826. The second-order valence-electron chi connectivity index (χ2n) is 4.62. The van der Waals surface area contributed by atoms with Gasteiger partial charge in [0, 0.05) is 13.1 Å². The SMILES string of the molecule is CCC(CC)CN(CC)C(=O)c1cnc(C(=O)O)cn1. The van der Waals surface area contributed by atoms with E-state index in [1.807, 2.05) is 6.92 Å². The lowest BCUT2D eigenvalue weighted by molar-refractivity contribution is 0.0683. The molecule has 110 valence electrons. The van der Waals surface area contributed by atoms with Gasteiger partial charge in [-0.1, -0.05) is 26.7 Å². The van der Waals surface area contributed by atoms with Gasteiger partial charge in [0.25, 0.3) is 5.91 Å². The average Bonchev–Trinajstić information content (AvgIpc) is 2.48. The van der Waals surface area contributed by atoms with Crippen molar-refractivity contribution < 1.29 is 14.7 Å². The molecule has 1 amide bonds. The number of aromatic nitrogens is 2. The highest BCUT2D eigenvalue weighted by atomic mass is 16.4. The predicted octanol–water partition coefficient (Wildman–Crippen LogP) is 2.07. The molecule has 6 heteroatoms. The molecular weight excluding hydrogens is 258 g/mol. The molecule has 0 fully saturated rings. The molecule has 0 aromatic carbocycles. The molecule has 0 aliphatic heterocycles. The third-order valence-electron chi connectivity index (χ3n) is 3.39. The summed E-state index contributed by atoms with van der Waals surface area (Å²) >= 11 is 0. The largest absolute Gasteiger partial charge is 0.476 e. The highest BCUT2D eigenvalue weighted by Gasteiger charge is 2.19. The molecule has 1 rings (SSSR count). The normalized spacial score (nSPS) is 10.6. The molecule has 0 aliphatic carbocycles. The smallest absolute Gasteiger partial charge is 0.356 e. The Bertz CT molecular complexity index is 455. The second kappa shape index (κ2) is 7.57. The first kappa shape index (κ1) is 16.1. The van der Waals surface area contributed by atoms with Gasteiger partial charge in [-0.2, -0.15) is 0 Å². The van der Waals surface area contributed by atoms with E-state index in [0.717, 1.165) is 19.0 Å². The van der Waals surface area contributed by atoms with Crippen LogP contribution in [0.15, 0.2) is 12.4 Å². The van der Waals surface area contributed by atoms with Crippen molar-refractivity contribution in [1.29, 1.82) is 0 Å². The second-order valence-corrected chi connectivity index (χ2v) is 4.62. The molecule has 20 heavy (non-hydrogen) atoms. The fraction of sp³-hybridized carbons (Fsp3) is 0.571. The van der Waals surface area contributed by atoms with Crippen molar-refractivity contribution in [3.8, 4) is 0 Å². The minimum absolute atomic E-state index is 0.162. The van der Waals surface area contributed by atoms with Crippen molar-refractivity contribution >= 4 is 11.9 Å². The van der Waals surface area contributed by atoms with Crippen LogP contribution in [-0.4, -0.2) is 44.9 Å². The zero-order valence-electron chi connectivity index (χ0n) is 12.2. The maximum atomic E-state index is 12.3. The van der Waals surface area contributed by atoms with E-state index in [1.165, 1.54) is 6.20 Å². The Morgan fingerprint density at radius 3 is 2.10 bits per heavy atom. The van der Waals surface area contributed by atoms with E-state index in [2.05, 4.69) is 23.8 Å². The van der Waals surface area contributed by atoms with Crippen LogP contribution >= 0.6 is 0 Å². The first-order valence-electron chi connectivity index (χ1n) is 6.87. The van der Waals surface area contributed by atoms with Crippen molar-refractivity contribution in [2.24, 2.45) is 5.92 Å². The highest BCUT2D eigenvalue weighted by Crippen LogP contribution is 2.12. The predicted molar refractivity (Wildman–Crippen MR) is 74.6 cm³/mol. The number of carbonyl (C=O) groups is 2.